The number of rotatable bonds is 12. The van der Waals surface area contributed by atoms with E-state index in [9.17, 15) is 13.0 Å². The third-order valence-electron chi connectivity index (χ3n) is 5.64. The summed E-state index contributed by atoms with van der Waals surface area (Å²) in [6, 6.07) is 9.87. The largest absolute Gasteiger partial charge is 0.396 e. The number of hydrogen-bond acceptors (Lipinski definition) is 8. The molecule has 0 spiro atoms. The molecule has 2 unspecified atom stereocenters. The predicted octanol–water partition coefficient (Wildman–Crippen LogP) is 5.83. The summed E-state index contributed by atoms with van der Waals surface area (Å²) in [6.07, 6.45) is 2.54. The van der Waals surface area contributed by atoms with Crippen molar-refractivity contribution in [1.82, 2.24) is 5.06 Å². The molecule has 0 saturated heterocycles. The van der Waals surface area contributed by atoms with Gasteiger partial charge in [-0.2, -0.15) is 13.5 Å². The molecule has 9 nitrogen and oxygen atoms in total. The van der Waals surface area contributed by atoms with Gasteiger partial charge >= 0.3 is 17.7 Å². The van der Waals surface area contributed by atoms with Crippen molar-refractivity contribution in [2.45, 2.75) is 91.6 Å². The topological polar surface area (TPSA) is 95.2 Å². The molecule has 2 rings (SSSR count). The Balaban J connectivity index is 2.33. The summed E-state index contributed by atoms with van der Waals surface area (Å²) in [6.45, 7) is 19.7. The highest BCUT2D eigenvalue weighted by Crippen LogP contribution is 2.61. The molecule has 0 N–H and O–H groups in total. The highest BCUT2D eigenvalue weighted by Gasteiger charge is 2.51. The van der Waals surface area contributed by atoms with Crippen LogP contribution in [0.25, 0.3) is 0 Å². The van der Waals surface area contributed by atoms with Crippen LogP contribution in [0.4, 0.5) is 0 Å². The molecule has 2 aromatic rings. The first-order valence-corrected chi connectivity index (χ1v) is 15.8. The number of hydrogen-bond donors (Lipinski definition) is 0. The van der Waals surface area contributed by atoms with Crippen molar-refractivity contribution < 1.29 is 35.9 Å². The zero-order valence-electron chi connectivity index (χ0n) is 24.3. The second kappa shape index (κ2) is 12.6. The normalized spacial score (nSPS) is 14.9. The van der Waals surface area contributed by atoms with Gasteiger partial charge < -0.3 is 9.05 Å². The van der Waals surface area contributed by atoms with E-state index in [0.29, 0.717) is 0 Å². The minimum atomic E-state index is -3.99. The highest BCUT2D eigenvalue weighted by atomic mass is 32.2. The average Bonchev–Trinajstić information content (AvgIpc) is 2.78. The van der Waals surface area contributed by atoms with E-state index < -0.39 is 40.6 Å². The van der Waals surface area contributed by atoms with Crippen molar-refractivity contribution in [3.05, 3.63) is 59.9 Å². The van der Waals surface area contributed by atoms with Gasteiger partial charge in [-0.05, 0) is 71.6 Å². The van der Waals surface area contributed by atoms with E-state index in [4.69, 9.17) is 18.2 Å². The number of nitrogens with zero attached hydrogens (tertiary/aromatic N) is 2. The quantitative estimate of drug-likeness (QED) is 0.178. The van der Waals surface area contributed by atoms with Crippen LogP contribution in [0.5, 0.6) is 0 Å². The summed E-state index contributed by atoms with van der Waals surface area (Å²) in [5, 5.41) is 1.73. The summed E-state index contributed by atoms with van der Waals surface area (Å²) in [4.78, 5) is 6.55. The van der Waals surface area contributed by atoms with Gasteiger partial charge in [-0.25, -0.2) is 0 Å². The second-order valence-corrected chi connectivity index (χ2v) is 14.8. The van der Waals surface area contributed by atoms with Crippen LogP contribution in [0.1, 0.15) is 79.5 Å². The lowest BCUT2D eigenvalue weighted by Gasteiger charge is -2.48. The number of pyridine rings is 1. The van der Waals surface area contributed by atoms with Crippen molar-refractivity contribution >= 4 is 17.7 Å². The van der Waals surface area contributed by atoms with Crippen LogP contribution in [-0.2, 0) is 28.6 Å². The summed E-state index contributed by atoms with van der Waals surface area (Å²) >= 11 is 0. The van der Waals surface area contributed by atoms with Gasteiger partial charge in [0.25, 0.3) is 0 Å². The van der Waals surface area contributed by atoms with Gasteiger partial charge in [0, 0.05) is 22.4 Å². The molecule has 11 heteroatoms. The number of aromatic nitrogens is 1. The number of hydroxylamine groups is 2. The molecular weight excluding hydrogens is 527 g/mol. The maximum atomic E-state index is 14.0. The molecule has 0 fully saturated rings. The van der Waals surface area contributed by atoms with Crippen molar-refractivity contribution in [2.75, 3.05) is 13.2 Å². The minimum Gasteiger partial charge on any atom is -0.308 e. The zero-order valence-corrected chi connectivity index (χ0v) is 26.0. The molecule has 1 aromatic carbocycles. The smallest absolute Gasteiger partial charge is 0.308 e. The molecule has 38 heavy (non-hydrogen) atoms. The molecule has 2 atom stereocenters. The van der Waals surface area contributed by atoms with Crippen molar-refractivity contribution in [3.8, 4) is 0 Å². The van der Waals surface area contributed by atoms with E-state index >= 15 is 0 Å². The summed E-state index contributed by atoms with van der Waals surface area (Å²) in [7, 11) is -7.60. The van der Waals surface area contributed by atoms with E-state index in [2.05, 4.69) is 0 Å². The summed E-state index contributed by atoms with van der Waals surface area (Å²) < 4.78 is 57.2. The number of aryl methyl sites for hydroxylation is 1. The van der Waals surface area contributed by atoms with Crippen LogP contribution in [0, 0.1) is 12.3 Å². The fourth-order valence-electron chi connectivity index (χ4n) is 3.91. The average molecular weight is 572 g/mol. The van der Waals surface area contributed by atoms with Gasteiger partial charge in [-0.1, -0.05) is 38.5 Å². The molecule has 1 heterocycles. The Morgan fingerprint density at radius 3 is 1.84 bits per heavy atom. The maximum Gasteiger partial charge on any atom is 0.396 e. The Morgan fingerprint density at radius 2 is 1.42 bits per heavy atom. The van der Waals surface area contributed by atoms with Crippen LogP contribution in [0.2, 0.25) is 0 Å². The highest BCUT2D eigenvalue weighted by molar-refractivity contribution is 7.86. The van der Waals surface area contributed by atoms with Gasteiger partial charge in [0.05, 0.1) is 13.2 Å². The first-order chi connectivity index (χ1) is 17.4. The molecule has 0 aliphatic heterocycles. The maximum absolute atomic E-state index is 14.0. The Kier molecular flexibility index (Phi) is 10.7. The molecular formula is C27H44N2O7PS+. The van der Waals surface area contributed by atoms with Crippen molar-refractivity contribution in [1.29, 1.82) is 0 Å². The molecule has 0 amide bonds. The van der Waals surface area contributed by atoms with Gasteiger partial charge in [0.15, 0.2) is 0 Å². The third kappa shape index (κ3) is 8.34. The SMILES string of the molecule is CCOP(=O)(OCC)C(N(OC(C)c1cc[n+](OS(=O)(=O)c2ccc(C)cc2)cc1)C(C)(C)C)C(C)(C)C. The van der Waals surface area contributed by atoms with Crippen LogP contribution < -0.4 is 9.01 Å². The standard InChI is InChI=1S/C27H44N2O7PS/c1-11-33-37(30,34-12-2)25(26(5,6)7)29(27(8,9)10)35-22(4)23-17-19-28(20-18-23)36-38(31,32)24-15-13-21(3)14-16-24/h13-20,22,25H,11-12H2,1-10H3/q+1. The lowest BCUT2D eigenvalue weighted by Crippen LogP contribution is -2.53. The zero-order chi connectivity index (χ0) is 28.9. The third-order valence-corrected chi connectivity index (χ3v) is 9.68. The van der Waals surface area contributed by atoms with Crippen molar-refractivity contribution in [3.63, 3.8) is 0 Å². The monoisotopic (exact) mass is 571 g/mol. The number of benzene rings is 1. The fraction of sp³-hybridized carbons (Fsp3) is 0.593. The molecule has 0 bridgehead atoms. The summed E-state index contributed by atoms with van der Waals surface area (Å²) in [5.74, 6) is -0.700. The predicted molar refractivity (Wildman–Crippen MR) is 147 cm³/mol. The second-order valence-electron chi connectivity index (χ2n) is 11.2. The molecule has 0 aliphatic rings. The van der Waals surface area contributed by atoms with Crippen LogP contribution in [0.15, 0.2) is 53.7 Å². The first-order valence-electron chi connectivity index (χ1n) is 12.8. The minimum absolute atomic E-state index is 0.0680. The van der Waals surface area contributed by atoms with Gasteiger partial charge in [-0.3, -0.25) is 9.40 Å². The van der Waals surface area contributed by atoms with E-state index in [1.54, 1.807) is 43.2 Å². The molecule has 1 aromatic heterocycles. The molecule has 0 saturated carbocycles. The lowest BCUT2D eigenvalue weighted by atomic mass is 9.94. The Labute approximate surface area is 228 Å². The van der Waals surface area contributed by atoms with Gasteiger partial charge in [0.2, 0.25) is 12.4 Å². The van der Waals surface area contributed by atoms with E-state index in [1.165, 1.54) is 24.5 Å². The molecule has 214 valence electrons. The summed E-state index contributed by atoms with van der Waals surface area (Å²) in [5.41, 5.74) is 0.634. The van der Waals surface area contributed by atoms with Crippen LogP contribution >= 0.6 is 7.60 Å². The molecule has 0 radical (unpaired) electrons. The Bertz CT molecular complexity index is 1180. The van der Waals surface area contributed by atoms with E-state index in [-0.39, 0.29) is 18.1 Å². The van der Waals surface area contributed by atoms with Crippen LogP contribution in [0.3, 0.4) is 0 Å². The van der Waals surface area contributed by atoms with E-state index in [0.717, 1.165) is 15.9 Å². The first kappa shape index (κ1) is 32.4. The lowest BCUT2D eigenvalue weighted by molar-refractivity contribution is -0.856. The Hall–Kier alpha value is -1.81. The van der Waals surface area contributed by atoms with Crippen molar-refractivity contribution in [2.24, 2.45) is 5.41 Å². The van der Waals surface area contributed by atoms with Gasteiger partial charge in [-0.15, -0.1) is 4.28 Å². The van der Waals surface area contributed by atoms with E-state index in [1.807, 2.05) is 55.4 Å². The fourth-order valence-corrected chi connectivity index (χ4v) is 7.48. The Morgan fingerprint density at radius 1 is 0.921 bits per heavy atom. The molecule has 0 aliphatic carbocycles. The van der Waals surface area contributed by atoms with Crippen LogP contribution in [-0.4, -0.2) is 38.0 Å². The van der Waals surface area contributed by atoms with Gasteiger partial charge in [0.1, 0.15) is 16.8 Å².